The molecule has 0 saturated carbocycles. The number of fused-ring (bicyclic) bond motifs is 13. The molecule has 0 aliphatic rings. The molecule has 0 unspecified atom stereocenters. The number of anilines is 3. The minimum Gasteiger partial charge on any atom is -0.309 e. The summed E-state index contributed by atoms with van der Waals surface area (Å²) >= 11 is 5.70. The molecule has 12 aromatic rings. The van der Waals surface area contributed by atoms with E-state index in [1.54, 1.807) is 0 Å². The highest BCUT2D eigenvalue weighted by atomic mass is 32.1. The topological polar surface area (TPSA) is 3.24 Å². The Kier molecular flexibility index (Phi) is 6.61. The lowest BCUT2D eigenvalue weighted by Crippen LogP contribution is -2.10. The lowest BCUT2D eigenvalue weighted by molar-refractivity contribution is 1.31. The van der Waals surface area contributed by atoms with Gasteiger partial charge in [-0.25, -0.2) is 0 Å². The molecule has 0 spiro atoms. The van der Waals surface area contributed by atoms with Gasteiger partial charge in [0.05, 0.1) is 10.4 Å². The van der Waals surface area contributed by atoms with Crippen LogP contribution in [0.3, 0.4) is 0 Å². The van der Waals surface area contributed by atoms with Crippen molar-refractivity contribution in [1.29, 1.82) is 0 Å². The van der Waals surface area contributed by atoms with Crippen molar-refractivity contribution >= 4 is 133 Å². The molecule has 0 aliphatic carbocycles. The Bertz CT molecular complexity index is 3450. The van der Waals surface area contributed by atoms with E-state index in [1.165, 1.54) is 98.9 Å². The van der Waals surface area contributed by atoms with E-state index < -0.39 is 0 Å². The zero-order valence-electron chi connectivity index (χ0n) is 28.9. The van der Waals surface area contributed by atoms with Crippen molar-refractivity contribution in [3.8, 4) is 11.1 Å². The van der Waals surface area contributed by atoms with E-state index in [4.69, 9.17) is 0 Å². The highest BCUT2D eigenvalue weighted by Crippen LogP contribution is 2.50. The average molecular weight is 740 g/mol. The average Bonchev–Trinajstić information content (AvgIpc) is 3.92. The van der Waals surface area contributed by atoms with E-state index in [1.807, 2.05) is 34.0 Å². The first-order valence-corrected chi connectivity index (χ1v) is 20.7. The fraction of sp³-hybridized carbons (Fsp3) is 0. The molecule has 12 rings (SSSR count). The standard InChI is InChI=1S/C50H29NS3/c1-3-12-35-30(9-1)11-7-15-36(35)32-19-22-33(23-20-32)51(34-24-26-44-41(29-34)38-14-5-6-18-43(38)52-44)42-17-8-16-39-47-46(54-50(39)42)28-27-45-48(47)40-25-21-31-10-2-4-13-37(31)49(40)53-45/h1-29H. The molecule has 0 saturated heterocycles. The maximum absolute atomic E-state index is 2.48. The summed E-state index contributed by atoms with van der Waals surface area (Å²) in [7, 11) is 0. The van der Waals surface area contributed by atoms with Gasteiger partial charge in [0.15, 0.2) is 0 Å². The number of hydrogen-bond acceptors (Lipinski definition) is 4. The lowest BCUT2D eigenvalue weighted by atomic mass is 9.98. The summed E-state index contributed by atoms with van der Waals surface area (Å²) in [6.07, 6.45) is 0. The third-order valence-electron chi connectivity index (χ3n) is 11.1. The quantitative estimate of drug-likeness (QED) is 0.174. The van der Waals surface area contributed by atoms with Gasteiger partial charge in [0, 0.05) is 67.2 Å². The molecule has 0 radical (unpaired) electrons. The number of nitrogens with zero attached hydrogens (tertiary/aromatic N) is 1. The van der Waals surface area contributed by atoms with E-state index in [0.29, 0.717) is 0 Å². The summed E-state index contributed by atoms with van der Waals surface area (Å²) in [5, 5.41) is 13.2. The number of rotatable bonds is 4. The fourth-order valence-corrected chi connectivity index (χ4v) is 12.1. The van der Waals surface area contributed by atoms with Gasteiger partial charge in [-0.05, 0) is 87.3 Å². The van der Waals surface area contributed by atoms with Crippen molar-refractivity contribution in [2.45, 2.75) is 0 Å². The normalized spacial score (nSPS) is 12.1. The van der Waals surface area contributed by atoms with Crippen LogP contribution in [0.4, 0.5) is 17.1 Å². The molecule has 0 bridgehead atoms. The van der Waals surface area contributed by atoms with Gasteiger partial charge in [0.2, 0.25) is 0 Å². The van der Waals surface area contributed by atoms with Gasteiger partial charge in [-0.15, -0.1) is 34.0 Å². The third-order valence-corrected chi connectivity index (χ3v) is 14.6. The van der Waals surface area contributed by atoms with Crippen molar-refractivity contribution in [3.05, 3.63) is 176 Å². The van der Waals surface area contributed by atoms with Crippen LogP contribution < -0.4 is 4.90 Å². The second-order valence-corrected chi connectivity index (χ2v) is 17.2. The smallest absolute Gasteiger partial charge is 0.0640 e. The van der Waals surface area contributed by atoms with Crippen LogP contribution in [0.2, 0.25) is 0 Å². The molecule has 0 aliphatic heterocycles. The molecule has 0 N–H and O–H groups in total. The van der Waals surface area contributed by atoms with Gasteiger partial charge in [0.1, 0.15) is 0 Å². The van der Waals surface area contributed by atoms with Crippen LogP contribution in [-0.4, -0.2) is 0 Å². The highest BCUT2D eigenvalue weighted by molar-refractivity contribution is 7.28. The van der Waals surface area contributed by atoms with Gasteiger partial charge < -0.3 is 4.90 Å². The summed E-state index contributed by atoms with van der Waals surface area (Å²) in [5.74, 6) is 0. The first-order valence-electron chi connectivity index (χ1n) is 18.2. The van der Waals surface area contributed by atoms with Crippen molar-refractivity contribution in [1.82, 2.24) is 0 Å². The number of benzene rings is 9. The molecular formula is C50H29NS3. The van der Waals surface area contributed by atoms with E-state index >= 15 is 0 Å². The van der Waals surface area contributed by atoms with Crippen molar-refractivity contribution < 1.29 is 0 Å². The summed E-state index contributed by atoms with van der Waals surface area (Å²) < 4.78 is 7.97. The van der Waals surface area contributed by atoms with E-state index in [2.05, 4.69) is 181 Å². The second-order valence-electron chi connectivity index (χ2n) is 14.0. The summed E-state index contributed by atoms with van der Waals surface area (Å²) in [4.78, 5) is 2.48. The van der Waals surface area contributed by atoms with E-state index in [0.717, 1.165) is 11.4 Å². The molecule has 3 heterocycles. The Balaban J connectivity index is 1.10. The van der Waals surface area contributed by atoms with Crippen LogP contribution in [0.5, 0.6) is 0 Å². The van der Waals surface area contributed by atoms with E-state index in [-0.39, 0.29) is 0 Å². The van der Waals surface area contributed by atoms with Crippen LogP contribution in [0.15, 0.2) is 176 Å². The zero-order valence-corrected chi connectivity index (χ0v) is 31.4. The Morgan fingerprint density at radius 2 is 0.926 bits per heavy atom. The molecule has 0 amide bonds. The van der Waals surface area contributed by atoms with Crippen LogP contribution in [0.1, 0.15) is 0 Å². The number of hydrogen-bond donors (Lipinski definition) is 0. The Hall–Kier alpha value is -6.04. The van der Waals surface area contributed by atoms with E-state index in [9.17, 15) is 0 Å². The minimum absolute atomic E-state index is 1.14. The predicted octanol–water partition coefficient (Wildman–Crippen LogP) is 16.2. The number of thiophene rings is 3. The summed E-state index contributed by atoms with van der Waals surface area (Å²) in [6, 6.07) is 65.2. The molecule has 4 heteroatoms. The molecule has 54 heavy (non-hydrogen) atoms. The highest BCUT2D eigenvalue weighted by Gasteiger charge is 2.22. The van der Waals surface area contributed by atoms with Gasteiger partial charge in [-0.2, -0.15) is 0 Å². The van der Waals surface area contributed by atoms with Gasteiger partial charge in [-0.3, -0.25) is 0 Å². The lowest BCUT2D eigenvalue weighted by Gasteiger charge is -2.26. The summed E-state index contributed by atoms with van der Waals surface area (Å²) in [6.45, 7) is 0. The maximum atomic E-state index is 2.48. The maximum Gasteiger partial charge on any atom is 0.0640 e. The Morgan fingerprint density at radius 1 is 0.333 bits per heavy atom. The zero-order chi connectivity index (χ0) is 35.3. The molecule has 0 fully saturated rings. The molecule has 252 valence electrons. The molecule has 3 aromatic heterocycles. The van der Waals surface area contributed by atoms with Crippen LogP contribution in [0, 0.1) is 0 Å². The minimum atomic E-state index is 1.14. The van der Waals surface area contributed by atoms with Crippen LogP contribution >= 0.6 is 34.0 Å². The second kappa shape index (κ2) is 11.7. The monoisotopic (exact) mass is 739 g/mol. The van der Waals surface area contributed by atoms with Gasteiger partial charge in [-0.1, -0.05) is 121 Å². The Morgan fingerprint density at radius 3 is 1.76 bits per heavy atom. The molecule has 1 nitrogen and oxygen atoms in total. The molecular weight excluding hydrogens is 711 g/mol. The first-order chi connectivity index (χ1) is 26.8. The third kappa shape index (κ3) is 4.48. The van der Waals surface area contributed by atoms with Crippen molar-refractivity contribution in [2.75, 3.05) is 4.90 Å². The Labute approximate surface area is 323 Å². The molecule has 0 atom stereocenters. The van der Waals surface area contributed by atoms with Crippen LogP contribution in [-0.2, 0) is 0 Å². The SMILES string of the molecule is c1ccc2c(-c3ccc(N(c4ccc5sc6ccccc6c5c4)c4cccc5c4sc4ccc6sc7c8ccccc8ccc7c6c45)cc3)cccc2c1. The van der Waals surface area contributed by atoms with Gasteiger partial charge in [0.25, 0.3) is 0 Å². The summed E-state index contributed by atoms with van der Waals surface area (Å²) in [5.41, 5.74) is 5.97. The van der Waals surface area contributed by atoms with Gasteiger partial charge >= 0.3 is 0 Å². The largest absolute Gasteiger partial charge is 0.309 e. The fourth-order valence-electron chi connectivity index (χ4n) is 8.59. The van der Waals surface area contributed by atoms with Crippen molar-refractivity contribution in [3.63, 3.8) is 0 Å². The van der Waals surface area contributed by atoms with Crippen molar-refractivity contribution in [2.24, 2.45) is 0 Å². The predicted molar refractivity (Wildman–Crippen MR) is 240 cm³/mol. The first kappa shape index (κ1) is 30.4. The molecule has 9 aromatic carbocycles. The van der Waals surface area contributed by atoms with Crippen LogP contribution in [0.25, 0.3) is 93.2 Å².